The maximum Gasteiger partial charge on any atom is 0.131 e. The van der Waals surface area contributed by atoms with E-state index in [-0.39, 0.29) is 20.1 Å². The van der Waals surface area contributed by atoms with E-state index in [1.807, 2.05) is 101 Å². The number of hydrogen-bond acceptors (Lipinski definition) is 3. The van der Waals surface area contributed by atoms with Crippen molar-refractivity contribution in [3.8, 4) is 33.6 Å². The quantitative estimate of drug-likeness (QED) is 0.124. The van der Waals surface area contributed by atoms with Crippen LogP contribution in [0.15, 0.2) is 120 Å². The number of furan rings is 1. The fourth-order valence-electron chi connectivity index (χ4n) is 5.78. The van der Waals surface area contributed by atoms with Gasteiger partial charge >= 0.3 is 0 Å². The standard InChI is InChI=1S/C26H20NO.C17H22NSi.Ir/c1-17(2)19-13-14-27-24(15-19)20-11-12-22-23-10-6-9-21(18-7-4-3-5-8-18)26(23)28-25(22)16-20;1-13(2)15-11-16(14-9-7-6-8-10-14)18-12-17(15)19(3,4)5;/h3-10,12-17H,1-2H3;6-9,11-13H,1-5H3;/q2*-1;/i17D;13D;. The van der Waals surface area contributed by atoms with E-state index in [9.17, 15) is 0 Å². The summed E-state index contributed by atoms with van der Waals surface area (Å²) in [5.41, 5.74) is 9.49. The topological polar surface area (TPSA) is 38.9 Å². The van der Waals surface area contributed by atoms with Gasteiger partial charge in [-0.05, 0) is 45.4 Å². The molecule has 1 radical (unpaired) electrons. The van der Waals surface area contributed by atoms with Crippen LogP contribution in [0.4, 0.5) is 0 Å². The molecule has 3 aromatic heterocycles. The zero-order valence-corrected chi connectivity index (χ0v) is 32.0. The van der Waals surface area contributed by atoms with Crippen LogP contribution in [0.5, 0.6) is 0 Å². The summed E-state index contributed by atoms with van der Waals surface area (Å²) in [7, 11) is -1.50. The summed E-state index contributed by atoms with van der Waals surface area (Å²) < 4.78 is 23.0. The molecule has 5 heteroatoms. The van der Waals surface area contributed by atoms with Crippen molar-refractivity contribution in [2.45, 2.75) is 59.1 Å². The van der Waals surface area contributed by atoms with Gasteiger partial charge in [-0.15, -0.1) is 53.6 Å². The summed E-state index contributed by atoms with van der Waals surface area (Å²) in [5, 5.41) is 3.40. The Kier molecular flexibility index (Phi) is 10.1. The Morgan fingerprint density at radius 2 is 1.48 bits per heavy atom. The Bertz CT molecular complexity index is 2230. The first-order chi connectivity index (χ1) is 23.2. The van der Waals surface area contributed by atoms with Crippen LogP contribution >= 0.6 is 0 Å². The maximum absolute atomic E-state index is 8.44. The molecule has 7 rings (SSSR count). The van der Waals surface area contributed by atoms with Crippen LogP contribution in [0.25, 0.3) is 55.6 Å². The van der Waals surface area contributed by atoms with Crippen LogP contribution in [0.2, 0.25) is 19.6 Å². The Morgan fingerprint density at radius 3 is 2.17 bits per heavy atom. The van der Waals surface area contributed by atoms with Crippen LogP contribution in [-0.2, 0) is 20.1 Å². The monoisotopic (exact) mass is 825 g/mol. The summed E-state index contributed by atoms with van der Waals surface area (Å²) in [5.74, 6) is -1.28. The summed E-state index contributed by atoms with van der Waals surface area (Å²) >= 11 is 0. The summed E-state index contributed by atoms with van der Waals surface area (Å²) in [4.78, 5) is 9.10. The molecule has 0 N–H and O–H groups in total. The van der Waals surface area contributed by atoms with Crippen LogP contribution in [0.1, 0.15) is 53.4 Å². The molecule has 0 fully saturated rings. The average Bonchev–Trinajstić information content (AvgIpc) is 3.46. The van der Waals surface area contributed by atoms with Crippen LogP contribution < -0.4 is 5.19 Å². The molecular weight excluding hydrogens is 781 g/mol. The molecule has 0 aliphatic rings. The molecule has 0 spiro atoms. The van der Waals surface area contributed by atoms with Crippen LogP contribution in [0, 0.1) is 12.1 Å². The molecular formula is C43H42IrN2OSi-2. The molecule has 0 amide bonds. The van der Waals surface area contributed by atoms with E-state index in [0.717, 1.165) is 66.7 Å². The predicted molar refractivity (Wildman–Crippen MR) is 201 cm³/mol. The third-order valence-corrected chi connectivity index (χ3v) is 10.4. The molecule has 0 aliphatic heterocycles. The number of para-hydroxylation sites is 1. The van der Waals surface area contributed by atoms with Gasteiger partial charge in [0.15, 0.2) is 0 Å². The number of rotatable bonds is 6. The number of pyridine rings is 2. The van der Waals surface area contributed by atoms with Gasteiger partial charge in [0.25, 0.3) is 0 Å². The molecule has 0 atom stereocenters. The average molecular weight is 825 g/mol. The molecule has 0 bridgehead atoms. The molecule has 3 heterocycles. The maximum atomic E-state index is 8.44. The summed E-state index contributed by atoms with van der Waals surface area (Å²) in [6, 6.07) is 40.8. The van der Waals surface area contributed by atoms with Gasteiger partial charge in [-0.1, -0.05) is 131 Å². The minimum atomic E-state index is -1.50. The van der Waals surface area contributed by atoms with E-state index < -0.39 is 19.9 Å². The molecule has 3 nitrogen and oxygen atoms in total. The second-order valence-electron chi connectivity index (χ2n) is 13.3. The van der Waals surface area contributed by atoms with Crippen molar-refractivity contribution >= 4 is 35.2 Å². The molecule has 0 aliphatic carbocycles. The van der Waals surface area contributed by atoms with Crippen molar-refractivity contribution in [2.24, 2.45) is 0 Å². The number of fused-ring (bicyclic) bond motifs is 3. The first kappa shape index (κ1) is 32.4. The van der Waals surface area contributed by atoms with E-state index in [1.165, 1.54) is 5.19 Å². The van der Waals surface area contributed by atoms with Gasteiger partial charge < -0.3 is 14.4 Å². The first-order valence-electron chi connectivity index (χ1n) is 17.1. The fraction of sp³-hybridized carbons (Fsp3) is 0.209. The number of nitrogens with zero attached hydrogens (tertiary/aromatic N) is 2. The minimum absolute atomic E-state index is 0. The molecule has 0 saturated carbocycles. The van der Waals surface area contributed by atoms with Crippen molar-refractivity contribution in [1.82, 2.24) is 9.97 Å². The number of aromatic nitrogens is 2. The Morgan fingerprint density at radius 1 is 0.729 bits per heavy atom. The fourth-order valence-corrected chi connectivity index (χ4v) is 7.37. The first-order valence-corrected chi connectivity index (χ1v) is 19.6. The van der Waals surface area contributed by atoms with E-state index in [2.05, 4.69) is 78.1 Å². The Labute approximate surface area is 302 Å². The van der Waals surface area contributed by atoms with Gasteiger partial charge in [-0.3, -0.25) is 0 Å². The van der Waals surface area contributed by atoms with Crippen molar-refractivity contribution in [2.75, 3.05) is 0 Å². The number of benzene rings is 4. The van der Waals surface area contributed by atoms with E-state index in [4.69, 9.17) is 7.16 Å². The van der Waals surface area contributed by atoms with Gasteiger partial charge in [0.2, 0.25) is 0 Å². The SMILES string of the molecule is [2H]C(C)(C)c1cc(-c2[c-]cccc2)ncc1[Si](C)(C)C.[2H]C(C)(C)c1ccnc(-c2[c-]cc3c(c2)oc2c(-c4ccccc4)cccc23)c1.[Ir]. The van der Waals surface area contributed by atoms with E-state index in [1.54, 1.807) is 6.20 Å². The molecule has 7 aromatic rings. The zero-order valence-electron chi connectivity index (χ0n) is 30.6. The summed E-state index contributed by atoms with van der Waals surface area (Å²) in [6.07, 6.45) is 3.74. The molecule has 0 saturated heterocycles. The summed E-state index contributed by atoms with van der Waals surface area (Å²) in [6.45, 7) is 14.6. The van der Waals surface area contributed by atoms with Crippen molar-refractivity contribution in [1.29, 1.82) is 0 Å². The van der Waals surface area contributed by atoms with Crippen molar-refractivity contribution < 1.29 is 27.3 Å². The third kappa shape index (κ3) is 7.60. The Balaban J connectivity index is 0.000000204. The van der Waals surface area contributed by atoms with Gasteiger partial charge in [0.1, 0.15) is 5.58 Å². The Hall–Kier alpha value is -4.15. The van der Waals surface area contributed by atoms with Crippen LogP contribution in [-0.4, -0.2) is 18.0 Å². The van der Waals surface area contributed by atoms with Crippen molar-refractivity contribution in [3.63, 3.8) is 0 Å². The zero-order chi connectivity index (χ0) is 35.0. The second kappa shape index (κ2) is 14.9. The largest absolute Gasteiger partial charge is 0.476 e. The van der Waals surface area contributed by atoms with Gasteiger partial charge in [-0.25, -0.2) is 0 Å². The van der Waals surface area contributed by atoms with Gasteiger partial charge in [-0.2, -0.15) is 0 Å². The van der Waals surface area contributed by atoms with Crippen LogP contribution in [0.3, 0.4) is 0 Å². The van der Waals surface area contributed by atoms with E-state index >= 15 is 0 Å². The molecule has 48 heavy (non-hydrogen) atoms. The molecule has 4 aromatic carbocycles. The smallest absolute Gasteiger partial charge is 0.131 e. The minimum Gasteiger partial charge on any atom is -0.476 e. The van der Waals surface area contributed by atoms with Gasteiger partial charge in [0.05, 0.1) is 13.7 Å². The molecule has 0 unspecified atom stereocenters. The molecule has 245 valence electrons. The predicted octanol–water partition coefficient (Wildman–Crippen LogP) is 11.5. The van der Waals surface area contributed by atoms with E-state index in [0.29, 0.717) is 0 Å². The van der Waals surface area contributed by atoms with Crippen molar-refractivity contribution in [3.05, 3.63) is 139 Å². The van der Waals surface area contributed by atoms with Gasteiger partial charge in [0, 0.05) is 40.8 Å². The normalized spacial score (nSPS) is 12.5. The number of hydrogen-bond donors (Lipinski definition) is 0. The third-order valence-electron chi connectivity index (χ3n) is 8.36. The second-order valence-corrected chi connectivity index (χ2v) is 18.4.